The minimum Gasteiger partial charge on any atom is -0.507 e. The van der Waals surface area contributed by atoms with E-state index in [1.165, 1.54) is 0 Å². The normalized spacial score (nSPS) is 14.0. The lowest BCUT2D eigenvalue weighted by Crippen LogP contribution is -2.30. The van der Waals surface area contributed by atoms with E-state index in [0.29, 0.717) is 80.0 Å². The Morgan fingerprint density at radius 3 is 0.922 bits per heavy atom. The van der Waals surface area contributed by atoms with Gasteiger partial charge in [0, 0.05) is 32.7 Å². The highest BCUT2D eigenvalue weighted by Gasteiger charge is 2.34. The fourth-order valence-corrected chi connectivity index (χ4v) is 11.8. The average molecular weight is 1230 g/mol. The summed E-state index contributed by atoms with van der Waals surface area (Å²) in [6.45, 7) is 69.6. The summed E-state index contributed by atoms with van der Waals surface area (Å²) in [4.78, 5) is 20.9. The minimum absolute atomic E-state index is 0.222. The van der Waals surface area contributed by atoms with E-state index in [-0.39, 0.29) is 22.0 Å². The quantitative estimate of drug-likeness (QED) is 0.0413. The van der Waals surface area contributed by atoms with E-state index in [9.17, 15) is 25.5 Å². The molecule has 5 rings (SSSR count). The van der Waals surface area contributed by atoms with Gasteiger partial charge in [0.15, 0.2) is 0 Å². The van der Waals surface area contributed by atoms with Crippen molar-refractivity contribution in [3.8, 4) is 23.0 Å². The molecule has 11 heteroatoms. The molecular weight excluding hydrogens is 1110 g/mol. The zero-order chi connectivity index (χ0) is 69.0. The number of allylic oxidation sites excluding steroid dienone is 3. The van der Waals surface area contributed by atoms with Crippen molar-refractivity contribution in [3.63, 3.8) is 0 Å². The Bertz CT molecular complexity index is 3250. The number of aliphatic hydroxyl groups is 1. The van der Waals surface area contributed by atoms with Crippen molar-refractivity contribution in [2.45, 2.75) is 284 Å². The molecule has 0 amide bonds. The highest BCUT2D eigenvalue weighted by atomic mass is 16.3. The number of rotatable bonds is 16. The van der Waals surface area contributed by atoms with Crippen molar-refractivity contribution >= 4 is 17.8 Å². The lowest BCUT2D eigenvalue weighted by molar-refractivity contribution is 0.355. The lowest BCUT2D eigenvalue weighted by atomic mass is 9.78. The van der Waals surface area contributed by atoms with E-state index >= 15 is 0 Å². The molecule has 0 aliphatic rings. The van der Waals surface area contributed by atoms with Crippen LogP contribution < -0.4 is 15.1 Å². The van der Waals surface area contributed by atoms with E-state index in [4.69, 9.17) is 15.0 Å². The third-order valence-electron chi connectivity index (χ3n) is 17.0. The molecule has 0 bridgehead atoms. The number of aliphatic hydroxyl groups excluding tert-OH is 1. The van der Waals surface area contributed by atoms with Crippen molar-refractivity contribution in [1.82, 2.24) is 15.0 Å². The van der Waals surface area contributed by atoms with Gasteiger partial charge in [-0.15, -0.1) is 0 Å². The minimum atomic E-state index is -0.442. The van der Waals surface area contributed by atoms with E-state index in [0.717, 1.165) is 77.9 Å². The van der Waals surface area contributed by atoms with E-state index in [2.05, 4.69) is 284 Å². The van der Waals surface area contributed by atoms with Crippen LogP contribution in [-0.4, -0.2) is 47.0 Å². The number of phenols is 4. The Morgan fingerprint density at radius 1 is 0.400 bits per heavy atom. The standard InChI is InChI=1S/C79H120N6O5/c1-32-52(70(2,3)4)62(86)53(71(5,6)7)34-33-35-84(45-49-38-56(74(14,15)16)64(88)57(39-49)75(17,18)19)68-81-67(80-44-48-36-54(72(8,9)10)63(87)55(37-48)73(11,12)13)82-69(83-68)85(46-50-40-58(76(20,21)22)65(89)59(41-50)77(23,24)25)47-51-42-60(78(26,27)28)66(90)61(43-51)79(29,30)31/h32,34,36-43,86-90H,1,33,35,44-47H2,2-31H3,(H,80,81,82,83)/b53-34+,62-52-. The third kappa shape index (κ3) is 18.2. The van der Waals surface area contributed by atoms with Gasteiger partial charge in [-0.3, -0.25) is 0 Å². The van der Waals surface area contributed by atoms with Crippen LogP contribution in [0.25, 0.3) is 0 Å². The maximum atomic E-state index is 12.3. The van der Waals surface area contributed by atoms with Crippen molar-refractivity contribution in [2.24, 2.45) is 10.8 Å². The molecule has 0 saturated heterocycles. The van der Waals surface area contributed by atoms with E-state index in [1.807, 2.05) is 0 Å². The van der Waals surface area contributed by atoms with Gasteiger partial charge < -0.3 is 40.6 Å². The Morgan fingerprint density at radius 2 is 0.667 bits per heavy atom. The number of benzene rings is 4. The number of phenolic OH excluding ortho intramolecular Hbond substituents is 4. The molecule has 90 heavy (non-hydrogen) atoms. The molecule has 0 spiro atoms. The predicted octanol–water partition coefficient (Wildman–Crippen LogP) is 20.3. The largest absolute Gasteiger partial charge is 0.507 e. The molecule has 4 aromatic carbocycles. The molecule has 0 aliphatic heterocycles. The molecule has 0 unspecified atom stereocenters. The maximum absolute atomic E-state index is 12.3. The number of aromatic hydroxyl groups is 4. The molecule has 0 saturated carbocycles. The molecule has 0 radical (unpaired) electrons. The number of nitrogens with one attached hydrogen (secondary N) is 1. The van der Waals surface area contributed by atoms with Crippen molar-refractivity contribution in [1.29, 1.82) is 0 Å². The number of anilines is 3. The Labute approximate surface area is 545 Å². The second-order valence-electron chi connectivity index (χ2n) is 35.9. The summed E-state index contributed by atoms with van der Waals surface area (Å²) in [5, 5.41) is 64.1. The predicted molar refractivity (Wildman–Crippen MR) is 382 cm³/mol. The van der Waals surface area contributed by atoms with Crippen molar-refractivity contribution < 1.29 is 25.5 Å². The fourth-order valence-electron chi connectivity index (χ4n) is 11.8. The Kier molecular flexibility index (Phi) is 21.4. The smallest absolute Gasteiger partial charge is 0.232 e. The first-order chi connectivity index (χ1) is 40.5. The SMILES string of the molecule is C=C/C(=C(O)\C(=C/CCN(Cc1cc(C(C)(C)C)c(O)c(C(C)(C)C)c1)c1nc(NCc2cc(C(C)(C)C)c(O)c(C(C)(C)C)c2)nc(N(Cc2cc(C(C)(C)C)c(O)c(C(C)(C)C)c2)Cc2cc(C(C)(C)C)c(O)c(C(C)(C)C)c2)n1)C(C)(C)C)C(C)(C)C. The summed E-state index contributed by atoms with van der Waals surface area (Å²) in [7, 11) is 0. The monoisotopic (exact) mass is 1230 g/mol. The molecule has 496 valence electrons. The number of hydrogen-bond acceptors (Lipinski definition) is 11. The molecular formula is C79H120N6O5. The second-order valence-corrected chi connectivity index (χ2v) is 35.9. The summed E-state index contributed by atoms with van der Waals surface area (Å²) in [5.74, 6) is 2.55. The van der Waals surface area contributed by atoms with Gasteiger partial charge in [-0.1, -0.05) is 226 Å². The van der Waals surface area contributed by atoms with Crippen LogP contribution in [0.15, 0.2) is 84.2 Å². The van der Waals surface area contributed by atoms with E-state index in [1.54, 1.807) is 6.08 Å². The van der Waals surface area contributed by atoms with Gasteiger partial charge in [-0.2, -0.15) is 15.0 Å². The number of aromatic nitrogens is 3. The van der Waals surface area contributed by atoms with Gasteiger partial charge in [0.1, 0.15) is 28.8 Å². The summed E-state index contributed by atoms with van der Waals surface area (Å²) in [5.41, 5.74) is 8.20. The molecule has 1 aromatic heterocycles. The average Bonchev–Trinajstić information content (AvgIpc) is 0.806. The Hall–Kier alpha value is -6.49. The maximum Gasteiger partial charge on any atom is 0.232 e. The highest BCUT2D eigenvalue weighted by Crippen LogP contribution is 2.46. The lowest BCUT2D eigenvalue weighted by Gasteiger charge is -2.32. The number of nitrogens with zero attached hydrogens (tertiary/aromatic N) is 5. The molecule has 0 atom stereocenters. The first-order valence-corrected chi connectivity index (χ1v) is 32.7. The molecule has 6 N–H and O–H groups in total. The second kappa shape index (κ2) is 25.9. The van der Waals surface area contributed by atoms with E-state index < -0.39 is 37.9 Å². The zero-order valence-corrected chi connectivity index (χ0v) is 61.7. The van der Waals surface area contributed by atoms with Crippen LogP contribution >= 0.6 is 0 Å². The van der Waals surface area contributed by atoms with Gasteiger partial charge in [-0.25, -0.2) is 0 Å². The Balaban J connectivity index is 2.00. The highest BCUT2D eigenvalue weighted by molar-refractivity contribution is 5.57. The third-order valence-corrected chi connectivity index (χ3v) is 17.0. The summed E-state index contributed by atoms with van der Waals surface area (Å²) < 4.78 is 0. The number of hydrogen-bond donors (Lipinski definition) is 6. The first-order valence-electron chi connectivity index (χ1n) is 32.7. The molecule has 0 fully saturated rings. The molecule has 1 heterocycles. The van der Waals surface area contributed by atoms with Gasteiger partial charge in [0.25, 0.3) is 0 Å². The zero-order valence-electron chi connectivity index (χ0n) is 61.7. The van der Waals surface area contributed by atoms with Gasteiger partial charge >= 0.3 is 0 Å². The van der Waals surface area contributed by atoms with Gasteiger partial charge in [0.2, 0.25) is 17.8 Å². The van der Waals surface area contributed by atoms with Crippen LogP contribution in [0.3, 0.4) is 0 Å². The van der Waals surface area contributed by atoms with Crippen LogP contribution in [0.1, 0.15) is 281 Å². The van der Waals surface area contributed by atoms with Crippen LogP contribution in [0.4, 0.5) is 17.8 Å². The first kappa shape index (κ1) is 74.2. The fraction of sp³-hybridized carbons (Fsp3) is 0.582. The van der Waals surface area contributed by atoms with Crippen LogP contribution in [0, 0.1) is 10.8 Å². The van der Waals surface area contributed by atoms with Crippen molar-refractivity contribution in [3.05, 3.63) is 151 Å². The van der Waals surface area contributed by atoms with Crippen LogP contribution in [0.2, 0.25) is 0 Å². The van der Waals surface area contributed by atoms with Crippen LogP contribution in [-0.2, 0) is 69.5 Å². The van der Waals surface area contributed by atoms with Crippen LogP contribution in [0.5, 0.6) is 23.0 Å². The summed E-state index contributed by atoms with van der Waals surface area (Å²) in [6, 6.07) is 16.9. The van der Waals surface area contributed by atoms with Gasteiger partial charge in [0.05, 0.1) is 0 Å². The molecule has 5 aromatic rings. The summed E-state index contributed by atoms with van der Waals surface area (Å²) in [6.07, 6.45) is 4.40. The van der Waals surface area contributed by atoms with Crippen molar-refractivity contribution in [2.75, 3.05) is 21.7 Å². The van der Waals surface area contributed by atoms with Gasteiger partial charge in [-0.05, 0) is 187 Å². The molecule has 11 nitrogen and oxygen atoms in total. The molecule has 0 aliphatic carbocycles. The topological polar surface area (TPSA) is 158 Å². The summed E-state index contributed by atoms with van der Waals surface area (Å²) >= 11 is 0.